The summed E-state index contributed by atoms with van der Waals surface area (Å²) < 4.78 is 33.1. The molecule has 2 aromatic heterocycles. The van der Waals surface area contributed by atoms with Crippen LogP contribution in [0.1, 0.15) is 24.4 Å². The predicted molar refractivity (Wildman–Crippen MR) is 96.8 cm³/mol. The molecule has 0 aliphatic rings. The highest BCUT2D eigenvalue weighted by Crippen LogP contribution is 2.31. The second-order valence-electron chi connectivity index (χ2n) is 5.87. The molecule has 0 aliphatic heterocycles. The van der Waals surface area contributed by atoms with Crippen molar-refractivity contribution in [1.29, 1.82) is 0 Å². The highest BCUT2D eigenvalue weighted by molar-refractivity contribution is 7.22. The molecule has 1 N–H and O–H groups in total. The van der Waals surface area contributed by atoms with Crippen molar-refractivity contribution in [2.24, 2.45) is 0 Å². The number of nitrogens with zero attached hydrogens (tertiary/aromatic N) is 2. The van der Waals surface area contributed by atoms with Gasteiger partial charge in [0.05, 0.1) is 37.1 Å². The zero-order chi connectivity index (χ0) is 18.7. The average molecular weight is 380 g/mol. The summed E-state index contributed by atoms with van der Waals surface area (Å²) in [6, 6.07) is 5.23. The number of nitrogens with one attached hydrogen (secondary N) is 1. The largest absolute Gasteiger partial charge is 0.459 e. The summed E-state index contributed by atoms with van der Waals surface area (Å²) >= 11 is 1.09. The van der Waals surface area contributed by atoms with Gasteiger partial charge in [-0.25, -0.2) is 13.8 Å². The standard InChI is InChI=1S/C18H19F2N3O2S/c1-3-22(4-2)7-8-23(17(24)14-6-5-9-25-14)18-21-16-13(20)10-12(19)11-15(16)26-18/h5-6,9-11H,3-4,7-8H2,1-2H3/p+1. The smallest absolute Gasteiger partial charge is 0.295 e. The van der Waals surface area contributed by atoms with E-state index in [-0.39, 0.29) is 17.2 Å². The first-order valence-corrected chi connectivity index (χ1v) is 9.29. The number of anilines is 1. The highest BCUT2D eigenvalue weighted by atomic mass is 32.1. The first kappa shape index (κ1) is 18.5. The lowest BCUT2D eigenvalue weighted by atomic mass is 10.3. The maximum atomic E-state index is 14.0. The Hall–Kier alpha value is -2.32. The molecule has 0 atom stereocenters. The van der Waals surface area contributed by atoms with E-state index in [9.17, 15) is 13.6 Å². The van der Waals surface area contributed by atoms with E-state index >= 15 is 0 Å². The molecule has 1 amide bonds. The molecular weight excluding hydrogens is 360 g/mol. The molecule has 0 saturated carbocycles. The number of thiazole rings is 1. The zero-order valence-corrected chi connectivity index (χ0v) is 15.4. The quantitative estimate of drug-likeness (QED) is 0.686. The van der Waals surface area contributed by atoms with E-state index < -0.39 is 11.6 Å². The summed E-state index contributed by atoms with van der Waals surface area (Å²) in [7, 11) is 0. The van der Waals surface area contributed by atoms with Gasteiger partial charge in [0.1, 0.15) is 11.3 Å². The number of quaternary nitrogens is 1. The van der Waals surface area contributed by atoms with E-state index in [2.05, 4.69) is 18.8 Å². The van der Waals surface area contributed by atoms with Gasteiger partial charge in [-0.3, -0.25) is 9.69 Å². The van der Waals surface area contributed by atoms with E-state index in [4.69, 9.17) is 4.42 Å². The lowest BCUT2D eigenvalue weighted by molar-refractivity contribution is -0.894. The Balaban J connectivity index is 1.96. The van der Waals surface area contributed by atoms with E-state index in [1.807, 2.05) is 0 Å². The van der Waals surface area contributed by atoms with Gasteiger partial charge in [0, 0.05) is 6.07 Å². The highest BCUT2D eigenvalue weighted by Gasteiger charge is 2.25. The third kappa shape index (κ3) is 3.76. The maximum absolute atomic E-state index is 14.0. The first-order chi connectivity index (χ1) is 12.5. The van der Waals surface area contributed by atoms with Gasteiger partial charge in [0.15, 0.2) is 16.7 Å². The van der Waals surface area contributed by atoms with E-state index in [1.54, 1.807) is 12.1 Å². The Bertz CT molecular complexity index is 891. The molecule has 0 spiro atoms. The number of aromatic nitrogens is 1. The van der Waals surface area contributed by atoms with Crippen LogP contribution >= 0.6 is 11.3 Å². The molecule has 26 heavy (non-hydrogen) atoms. The number of carbonyl (C=O) groups is 1. The van der Waals surface area contributed by atoms with Crippen LogP contribution in [0.3, 0.4) is 0 Å². The molecule has 0 bridgehead atoms. The van der Waals surface area contributed by atoms with Crippen LogP contribution in [-0.2, 0) is 0 Å². The van der Waals surface area contributed by atoms with Gasteiger partial charge in [-0.1, -0.05) is 11.3 Å². The Labute approximate surface area is 153 Å². The van der Waals surface area contributed by atoms with Crippen LogP contribution in [-0.4, -0.2) is 37.1 Å². The number of halogens is 2. The summed E-state index contributed by atoms with van der Waals surface area (Å²) in [4.78, 5) is 19.9. The lowest BCUT2D eigenvalue weighted by Crippen LogP contribution is -3.12. The number of hydrogen-bond acceptors (Lipinski definition) is 4. The third-order valence-corrected chi connectivity index (χ3v) is 5.32. The fourth-order valence-corrected chi connectivity index (χ4v) is 3.78. The van der Waals surface area contributed by atoms with Crippen LogP contribution < -0.4 is 9.80 Å². The van der Waals surface area contributed by atoms with Gasteiger partial charge >= 0.3 is 0 Å². The van der Waals surface area contributed by atoms with Crippen LogP contribution in [0.2, 0.25) is 0 Å². The molecule has 5 nitrogen and oxygen atoms in total. The first-order valence-electron chi connectivity index (χ1n) is 8.48. The minimum absolute atomic E-state index is 0.0684. The number of amides is 1. The van der Waals surface area contributed by atoms with Gasteiger partial charge in [-0.2, -0.15) is 0 Å². The number of furan rings is 1. The zero-order valence-electron chi connectivity index (χ0n) is 14.6. The predicted octanol–water partition coefficient (Wildman–Crippen LogP) is 2.74. The summed E-state index contributed by atoms with van der Waals surface area (Å²) in [6.45, 7) is 7.13. The number of likely N-dealkylation sites (N-methyl/N-ethyl adjacent to an activating group) is 1. The molecule has 0 fully saturated rings. The maximum Gasteiger partial charge on any atom is 0.295 e. The molecule has 0 aliphatic carbocycles. The summed E-state index contributed by atoms with van der Waals surface area (Å²) in [5.41, 5.74) is 0.0684. The Morgan fingerprint density at radius 1 is 1.31 bits per heavy atom. The van der Waals surface area contributed by atoms with Gasteiger partial charge in [0.25, 0.3) is 5.91 Å². The van der Waals surface area contributed by atoms with Crippen molar-refractivity contribution < 1.29 is 22.9 Å². The molecule has 0 saturated heterocycles. The molecule has 138 valence electrons. The SMILES string of the molecule is CC[NH+](CC)CCN(C(=O)c1ccco1)c1nc2c(F)cc(F)cc2s1. The Kier molecular flexibility index (Phi) is 5.63. The second-order valence-corrected chi connectivity index (χ2v) is 6.88. The topological polar surface area (TPSA) is 50.8 Å². The van der Waals surface area contributed by atoms with Gasteiger partial charge in [-0.05, 0) is 32.0 Å². The van der Waals surface area contributed by atoms with Gasteiger partial charge < -0.3 is 9.32 Å². The van der Waals surface area contributed by atoms with Crippen LogP contribution in [0, 0.1) is 11.6 Å². The fraction of sp³-hybridized carbons (Fsp3) is 0.333. The Morgan fingerprint density at radius 3 is 2.73 bits per heavy atom. The summed E-state index contributed by atoms with van der Waals surface area (Å²) in [5, 5.41) is 0.331. The monoisotopic (exact) mass is 380 g/mol. The van der Waals surface area contributed by atoms with Crippen molar-refractivity contribution in [1.82, 2.24) is 4.98 Å². The molecule has 0 radical (unpaired) electrons. The molecule has 3 rings (SSSR count). The van der Waals surface area contributed by atoms with Crippen molar-refractivity contribution in [3.05, 3.63) is 47.9 Å². The third-order valence-electron chi connectivity index (χ3n) is 4.30. The van der Waals surface area contributed by atoms with Crippen LogP contribution in [0.5, 0.6) is 0 Å². The van der Waals surface area contributed by atoms with E-state index in [0.717, 1.165) is 30.5 Å². The number of hydrogen-bond donors (Lipinski definition) is 1. The molecule has 8 heteroatoms. The minimum atomic E-state index is -0.734. The van der Waals surface area contributed by atoms with E-state index in [1.165, 1.54) is 22.1 Å². The molecule has 0 unspecified atom stereocenters. The molecule has 1 aromatic carbocycles. The van der Waals surface area contributed by atoms with Gasteiger partial charge in [-0.15, -0.1) is 0 Å². The number of rotatable bonds is 7. The lowest BCUT2D eigenvalue weighted by Gasteiger charge is -2.22. The van der Waals surface area contributed by atoms with E-state index in [0.29, 0.717) is 22.9 Å². The summed E-state index contributed by atoms with van der Waals surface area (Å²) in [6.07, 6.45) is 1.43. The van der Waals surface area contributed by atoms with Crippen molar-refractivity contribution in [3.63, 3.8) is 0 Å². The minimum Gasteiger partial charge on any atom is -0.459 e. The Morgan fingerprint density at radius 2 is 2.08 bits per heavy atom. The average Bonchev–Trinajstić information content (AvgIpc) is 3.28. The molecular formula is C18H20F2N3O2S+. The van der Waals surface area contributed by atoms with Crippen molar-refractivity contribution in [3.8, 4) is 0 Å². The normalized spacial score (nSPS) is 11.4. The van der Waals surface area contributed by atoms with Crippen LogP contribution in [0.15, 0.2) is 34.9 Å². The number of fused-ring (bicyclic) bond motifs is 1. The van der Waals surface area contributed by atoms with Crippen LogP contribution in [0.4, 0.5) is 13.9 Å². The van der Waals surface area contributed by atoms with Crippen molar-refractivity contribution in [2.45, 2.75) is 13.8 Å². The molecule has 3 aromatic rings. The number of carbonyl (C=O) groups excluding carboxylic acids is 1. The van der Waals surface area contributed by atoms with Crippen molar-refractivity contribution >= 4 is 32.6 Å². The second kappa shape index (κ2) is 7.92. The van der Waals surface area contributed by atoms with Crippen LogP contribution in [0.25, 0.3) is 10.2 Å². The summed E-state index contributed by atoms with van der Waals surface area (Å²) in [5.74, 6) is -1.56. The fourth-order valence-electron chi connectivity index (χ4n) is 2.75. The van der Waals surface area contributed by atoms with Gasteiger partial charge in [0.2, 0.25) is 0 Å². The molecule has 2 heterocycles. The number of benzene rings is 1. The van der Waals surface area contributed by atoms with Crippen molar-refractivity contribution in [2.75, 3.05) is 31.1 Å².